The van der Waals surface area contributed by atoms with Gasteiger partial charge in [-0.25, -0.2) is 0 Å². The van der Waals surface area contributed by atoms with E-state index in [1.54, 1.807) is 0 Å². The Morgan fingerprint density at radius 1 is 1.00 bits per heavy atom. The molecule has 1 fully saturated rings. The molecule has 6 heteroatoms. The van der Waals surface area contributed by atoms with Gasteiger partial charge >= 0.3 is 0 Å². The molecule has 3 aromatic rings. The number of nitrogens with zero attached hydrogens (tertiary/aromatic N) is 3. The molecular weight excluding hydrogens is 360 g/mol. The van der Waals surface area contributed by atoms with E-state index < -0.39 is 0 Å². The Morgan fingerprint density at radius 3 is 2.41 bits per heavy atom. The van der Waals surface area contributed by atoms with Crippen LogP contribution in [0, 0.1) is 0 Å². The smallest absolute Gasteiger partial charge is 0.227 e. The summed E-state index contributed by atoms with van der Waals surface area (Å²) in [5, 5.41) is 8.24. The summed E-state index contributed by atoms with van der Waals surface area (Å²) in [5.74, 6) is 1.09. The van der Waals surface area contributed by atoms with Crippen molar-refractivity contribution < 1.29 is 4.79 Å². The highest BCUT2D eigenvalue weighted by molar-refractivity contribution is 6.30. The number of hydrogen-bond acceptors (Lipinski definition) is 3. The molecule has 0 atom stereocenters. The first-order chi connectivity index (χ1) is 13.2. The van der Waals surface area contributed by atoms with Crippen molar-refractivity contribution in [2.75, 3.05) is 31.1 Å². The number of benzene rings is 2. The predicted octanol–water partition coefficient (Wildman–Crippen LogP) is 3.62. The van der Waals surface area contributed by atoms with E-state index in [1.165, 1.54) is 0 Å². The molecule has 5 nitrogen and oxygen atoms in total. The lowest BCUT2D eigenvalue weighted by molar-refractivity contribution is -0.130. The summed E-state index contributed by atoms with van der Waals surface area (Å²) < 4.78 is 0. The van der Waals surface area contributed by atoms with Gasteiger partial charge in [0.15, 0.2) is 5.82 Å². The summed E-state index contributed by atoms with van der Waals surface area (Å²) in [7, 11) is 0. The third-order valence-corrected chi connectivity index (χ3v) is 5.13. The molecule has 0 aliphatic carbocycles. The topological polar surface area (TPSA) is 52.2 Å². The molecule has 2 heterocycles. The minimum atomic E-state index is 0.156. The van der Waals surface area contributed by atoms with Crippen molar-refractivity contribution in [3.63, 3.8) is 0 Å². The lowest BCUT2D eigenvalue weighted by Gasteiger charge is -2.34. The number of piperazine rings is 1. The van der Waals surface area contributed by atoms with Crippen molar-refractivity contribution in [3.05, 3.63) is 71.2 Å². The number of rotatable bonds is 4. The standard InChI is InChI=1S/C21H21ClN4O/c22-18-8-6-16(7-9-18)14-21(27)26-12-10-25(11-13-26)20-15-19(23-24-20)17-4-2-1-3-5-17/h1-9,15H,10-14H2,(H,23,24). The van der Waals surface area contributed by atoms with Gasteiger partial charge in [0, 0.05) is 37.3 Å². The Morgan fingerprint density at radius 2 is 1.70 bits per heavy atom. The van der Waals surface area contributed by atoms with E-state index in [-0.39, 0.29) is 5.91 Å². The van der Waals surface area contributed by atoms with E-state index in [0.717, 1.165) is 35.7 Å². The zero-order valence-corrected chi connectivity index (χ0v) is 15.7. The molecule has 1 aliphatic rings. The lowest BCUT2D eigenvalue weighted by Crippen LogP contribution is -2.49. The van der Waals surface area contributed by atoms with E-state index in [2.05, 4.69) is 33.3 Å². The molecule has 0 spiro atoms. The summed E-state index contributed by atoms with van der Waals surface area (Å²) in [6.45, 7) is 2.98. The average molecular weight is 381 g/mol. The van der Waals surface area contributed by atoms with Gasteiger partial charge in [-0.1, -0.05) is 54.1 Å². The molecule has 1 amide bonds. The largest absolute Gasteiger partial charge is 0.352 e. The number of nitrogens with one attached hydrogen (secondary N) is 1. The number of aromatic amines is 1. The Kier molecular flexibility index (Phi) is 5.12. The monoisotopic (exact) mass is 380 g/mol. The summed E-state index contributed by atoms with van der Waals surface area (Å²) in [6, 6.07) is 19.7. The van der Waals surface area contributed by atoms with Gasteiger partial charge in [-0.05, 0) is 23.3 Å². The summed E-state index contributed by atoms with van der Waals surface area (Å²) in [4.78, 5) is 16.7. The minimum Gasteiger partial charge on any atom is -0.352 e. The molecule has 0 saturated carbocycles. The van der Waals surface area contributed by atoms with Crippen LogP contribution in [0.5, 0.6) is 0 Å². The van der Waals surface area contributed by atoms with Crippen LogP contribution in [0.15, 0.2) is 60.7 Å². The van der Waals surface area contributed by atoms with E-state index in [1.807, 2.05) is 47.4 Å². The van der Waals surface area contributed by atoms with Gasteiger partial charge in [-0.15, -0.1) is 0 Å². The maximum absolute atomic E-state index is 12.5. The molecule has 1 aromatic heterocycles. The predicted molar refractivity (Wildman–Crippen MR) is 108 cm³/mol. The number of hydrogen-bond donors (Lipinski definition) is 1. The zero-order valence-electron chi connectivity index (χ0n) is 14.9. The number of H-pyrrole nitrogens is 1. The minimum absolute atomic E-state index is 0.156. The molecule has 138 valence electrons. The van der Waals surface area contributed by atoms with Crippen LogP contribution in [-0.2, 0) is 11.2 Å². The van der Waals surface area contributed by atoms with Crippen molar-refractivity contribution in [2.24, 2.45) is 0 Å². The second-order valence-corrected chi connectivity index (χ2v) is 7.11. The molecule has 1 N–H and O–H groups in total. The molecule has 1 aliphatic heterocycles. The van der Waals surface area contributed by atoms with Crippen LogP contribution in [0.4, 0.5) is 5.82 Å². The number of aromatic nitrogens is 2. The highest BCUT2D eigenvalue weighted by Crippen LogP contribution is 2.22. The van der Waals surface area contributed by atoms with Crippen LogP contribution in [0.25, 0.3) is 11.3 Å². The fourth-order valence-electron chi connectivity index (χ4n) is 3.31. The van der Waals surface area contributed by atoms with E-state index in [0.29, 0.717) is 24.5 Å². The number of carbonyl (C=O) groups excluding carboxylic acids is 1. The second kappa shape index (κ2) is 7.84. The first kappa shape index (κ1) is 17.6. The first-order valence-corrected chi connectivity index (χ1v) is 9.45. The number of halogens is 1. The zero-order chi connectivity index (χ0) is 18.6. The SMILES string of the molecule is O=C(Cc1ccc(Cl)cc1)N1CCN(c2cc(-c3ccccc3)[nH]n2)CC1. The van der Waals surface area contributed by atoms with Crippen LogP contribution < -0.4 is 4.90 Å². The first-order valence-electron chi connectivity index (χ1n) is 9.07. The summed E-state index contributed by atoms with van der Waals surface area (Å²) in [5.41, 5.74) is 3.12. The average Bonchev–Trinajstić information content (AvgIpc) is 3.21. The molecule has 0 radical (unpaired) electrons. The molecule has 27 heavy (non-hydrogen) atoms. The van der Waals surface area contributed by atoms with Crippen LogP contribution in [0.3, 0.4) is 0 Å². The van der Waals surface area contributed by atoms with Gasteiger partial charge in [0.1, 0.15) is 0 Å². The van der Waals surface area contributed by atoms with Gasteiger partial charge < -0.3 is 9.80 Å². The third kappa shape index (κ3) is 4.14. The number of carbonyl (C=O) groups is 1. The Balaban J connectivity index is 1.34. The normalized spacial score (nSPS) is 14.4. The van der Waals surface area contributed by atoms with Crippen molar-refractivity contribution in [2.45, 2.75) is 6.42 Å². The highest BCUT2D eigenvalue weighted by atomic mass is 35.5. The van der Waals surface area contributed by atoms with Crippen LogP contribution in [-0.4, -0.2) is 47.2 Å². The maximum Gasteiger partial charge on any atom is 0.227 e. The van der Waals surface area contributed by atoms with Crippen molar-refractivity contribution in [3.8, 4) is 11.3 Å². The summed E-state index contributed by atoms with van der Waals surface area (Å²) in [6.07, 6.45) is 0.414. The highest BCUT2D eigenvalue weighted by Gasteiger charge is 2.22. The fraction of sp³-hybridized carbons (Fsp3) is 0.238. The molecule has 2 aromatic carbocycles. The van der Waals surface area contributed by atoms with Crippen LogP contribution in [0.1, 0.15) is 5.56 Å². The van der Waals surface area contributed by atoms with E-state index in [4.69, 9.17) is 11.6 Å². The molecular formula is C21H21ClN4O. The number of amides is 1. The maximum atomic E-state index is 12.5. The molecule has 0 bridgehead atoms. The molecule has 4 rings (SSSR count). The van der Waals surface area contributed by atoms with Gasteiger partial charge in [-0.3, -0.25) is 9.89 Å². The van der Waals surface area contributed by atoms with Crippen LogP contribution in [0.2, 0.25) is 5.02 Å². The Labute approximate surface area is 163 Å². The molecule has 1 saturated heterocycles. The quantitative estimate of drug-likeness (QED) is 0.752. The van der Waals surface area contributed by atoms with E-state index in [9.17, 15) is 4.79 Å². The lowest BCUT2D eigenvalue weighted by atomic mass is 10.1. The Bertz CT molecular complexity index is 899. The second-order valence-electron chi connectivity index (χ2n) is 6.68. The Hall–Kier alpha value is -2.79. The molecule has 0 unspecified atom stereocenters. The van der Waals surface area contributed by atoms with Gasteiger partial charge in [0.05, 0.1) is 12.1 Å². The van der Waals surface area contributed by atoms with E-state index >= 15 is 0 Å². The van der Waals surface area contributed by atoms with Gasteiger partial charge in [-0.2, -0.15) is 5.10 Å². The fourth-order valence-corrected chi connectivity index (χ4v) is 3.44. The van der Waals surface area contributed by atoms with Crippen molar-refractivity contribution in [1.82, 2.24) is 15.1 Å². The van der Waals surface area contributed by atoms with Crippen molar-refractivity contribution in [1.29, 1.82) is 0 Å². The van der Waals surface area contributed by atoms with Crippen LogP contribution >= 0.6 is 11.6 Å². The number of anilines is 1. The van der Waals surface area contributed by atoms with Crippen molar-refractivity contribution >= 4 is 23.3 Å². The third-order valence-electron chi connectivity index (χ3n) is 4.87. The summed E-state index contributed by atoms with van der Waals surface area (Å²) >= 11 is 5.90. The van der Waals surface area contributed by atoms with Gasteiger partial charge in [0.2, 0.25) is 5.91 Å². The van der Waals surface area contributed by atoms with Gasteiger partial charge in [0.25, 0.3) is 0 Å².